The Bertz CT molecular complexity index is 408. The number of pyridine rings is 1. The molecule has 0 saturated carbocycles. The summed E-state index contributed by atoms with van der Waals surface area (Å²) < 4.78 is 0. The molecule has 1 rings (SSSR count). The molecule has 0 aliphatic heterocycles. The van der Waals surface area contributed by atoms with Crippen LogP contribution in [0.1, 0.15) is 31.5 Å². The van der Waals surface area contributed by atoms with E-state index in [0.717, 1.165) is 0 Å². The van der Waals surface area contributed by atoms with Crippen molar-refractivity contribution < 1.29 is 9.90 Å². The van der Waals surface area contributed by atoms with E-state index in [2.05, 4.69) is 4.98 Å². The molecule has 0 aromatic carbocycles. The zero-order valence-electron chi connectivity index (χ0n) is 9.90. The molecule has 16 heavy (non-hydrogen) atoms. The SMILES string of the molecule is Cc1ncccc1C(O)=CC(=O)CC(C)C. The Morgan fingerprint density at radius 1 is 1.56 bits per heavy atom. The van der Waals surface area contributed by atoms with Crippen LogP contribution in [0.15, 0.2) is 24.4 Å². The highest BCUT2D eigenvalue weighted by Gasteiger charge is 2.07. The minimum Gasteiger partial charge on any atom is -0.507 e. The van der Waals surface area contributed by atoms with Crippen molar-refractivity contribution in [1.29, 1.82) is 0 Å². The van der Waals surface area contributed by atoms with E-state index < -0.39 is 0 Å². The summed E-state index contributed by atoms with van der Waals surface area (Å²) in [6.45, 7) is 5.74. The molecule has 0 spiro atoms. The van der Waals surface area contributed by atoms with Gasteiger partial charge in [0, 0.05) is 30.0 Å². The smallest absolute Gasteiger partial charge is 0.159 e. The molecule has 1 heterocycles. The van der Waals surface area contributed by atoms with Gasteiger partial charge in [0.2, 0.25) is 0 Å². The molecule has 0 bridgehead atoms. The van der Waals surface area contributed by atoms with Crippen molar-refractivity contribution in [3.8, 4) is 0 Å². The molecule has 0 atom stereocenters. The second-order valence-corrected chi connectivity index (χ2v) is 4.23. The summed E-state index contributed by atoms with van der Waals surface area (Å²) in [6, 6.07) is 3.48. The average molecular weight is 219 g/mol. The Kier molecular flexibility index (Phi) is 4.23. The van der Waals surface area contributed by atoms with Crippen LogP contribution < -0.4 is 0 Å². The van der Waals surface area contributed by atoms with E-state index in [0.29, 0.717) is 23.6 Å². The lowest BCUT2D eigenvalue weighted by molar-refractivity contribution is -0.115. The Labute approximate surface area is 95.8 Å². The van der Waals surface area contributed by atoms with Gasteiger partial charge in [0.1, 0.15) is 5.76 Å². The van der Waals surface area contributed by atoms with Crippen LogP contribution in [0.5, 0.6) is 0 Å². The van der Waals surface area contributed by atoms with E-state index in [4.69, 9.17) is 0 Å². The van der Waals surface area contributed by atoms with Gasteiger partial charge >= 0.3 is 0 Å². The zero-order chi connectivity index (χ0) is 12.1. The third-order valence-corrected chi connectivity index (χ3v) is 2.19. The number of aliphatic hydroxyl groups excluding tert-OH is 1. The first-order valence-corrected chi connectivity index (χ1v) is 5.36. The molecule has 0 saturated heterocycles. The molecule has 0 fully saturated rings. The van der Waals surface area contributed by atoms with Crippen molar-refractivity contribution in [2.75, 3.05) is 0 Å². The number of carbonyl (C=O) groups excluding carboxylic acids is 1. The van der Waals surface area contributed by atoms with Crippen LogP contribution in [-0.4, -0.2) is 15.9 Å². The number of hydrogen-bond donors (Lipinski definition) is 1. The average Bonchev–Trinajstić information content (AvgIpc) is 2.16. The number of carbonyl (C=O) groups is 1. The number of ketones is 1. The van der Waals surface area contributed by atoms with Crippen molar-refractivity contribution in [1.82, 2.24) is 4.98 Å². The van der Waals surface area contributed by atoms with Crippen LogP contribution >= 0.6 is 0 Å². The lowest BCUT2D eigenvalue weighted by Crippen LogP contribution is -2.01. The number of aromatic nitrogens is 1. The number of aryl methyl sites for hydroxylation is 1. The first kappa shape index (κ1) is 12.4. The van der Waals surface area contributed by atoms with E-state index in [9.17, 15) is 9.90 Å². The number of rotatable bonds is 4. The molecule has 0 aliphatic carbocycles. The van der Waals surface area contributed by atoms with Gasteiger partial charge in [-0.2, -0.15) is 0 Å². The van der Waals surface area contributed by atoms with E-state index in [1.807, 2.05) is 13.8 Å². The molecule has 3 heteroatoms. The highest BCUT2D eigenvalue weighted by molar-refractivity contribution is 5.95. The maximum Gasteiger partial charge on any atom is 0.159 e. The second-order valence-electron chi connectivity index (χ2n) is 4.23. The third-order valence-electron chi connectivity index (χ3n) is 2.19. The molecular weight excluding hydrogens is 202 g/mol. The summed E-state index contributed by atoms with van der Waals surface area (Å²) in [5, 5.41) is 9.78. The van der Waals surface area contributed by atoms with Crippen molar-refractivity contribution in [3.63, 3.8) is 0 Å². The van der Waals surface area contributed by atoms with E-state index in [1.54, 1.807) is 25.3 Å². The number of allylic oxidation sites excluding steroid dienone is 1. The Balaban J connectivity index is 2.86. The maximum atomic E-state index is 11.5. The predicted molar refractivity (Wildman–Crippen MR) is 64.0 cm³/mol. The summed E-state index contributed by atoms with van der Waals surface area (Å²) in [6.07, 6.45) is 3.38. The monoisotopic (exact) mass is 219 g/mol. The quantitative estimate of drug-likeness (QED) is 0.625. The largest absolute Gasteiger partial charge is 0.507 e. The van der Waals surface area contributed by atoms with Gasteiger partial charge in [-0.25, -0.2) is 0 Å². The Hall–Kier alpha value is -1.64. The molecular formula is C13H17NO2. The normalized spacial score (nSPS) is 11.9. The maximum absolute atomic E-state index is 11.5. The summed E-state index contributed by atoms with van der Waals surface area (Å²) in [5.74, 6) is 0.235. The van der Waals surface area contributed by atoms with Crippen molar-refractivity contribution in [2.45, 2.75) is 27.2 Å². The summed E-state index contributed by atoms with van der Waals surface area (Å²) in [4.78, 5) is 15.5. The number of nitrogens with zero attached hydrogens (tertiary/aromatic N) is 1. The molecule has 1 aromatic rings. The number of hydrogen-bond acceptors (Lipinski definition) is 3. The second kappa shape index (κ2) is 5.45. The van der Waals surface area contributed by atoms with Crippen LogP contribution in [0.4, 0.5) is 0 Å². The van der Waals surface area contributed by atoms with Crippen LogP contribution in [-0.2, 0) is 4.79 Å². The minimum absolute atomic E-state index is 0.00347. The van der Waals surface area contributed by atoms with Gasteiger partial charge < -0.3 is 5.11 Å². The predicted octanol–water partition coefficient (Wildman–Crippen LogP) is 2.90. The zero-order valence-corrected chi connectivity index (χ0v) is 9.90. The molecule has 0 unspecified atom stereocenters. The first-order chi connectivity index (χ1) is 7.50. The Morgan fingerprint density at radius 3 is 2.81 bits per heavy atom. The van der Waals surface area contributed by atoms with Gasteiger partial charge in [0.15, 0.2) is 5.78 Å². The van der Waals surface area contributed by atoms with Crippen LogP contribution in [0, 0.1) is 12.8 Å². The van der Waals surface area contributed by atoms with Gasteiger partial charge in [-0.15, -0.1) is 0 Å². The summed E-state index contributed by atoms with van der Waals surface area (Å²) >= 11 is 0. The van der Waals surface area contributed by atoms with Crippen molar-refractivity contribution >= 4 is 11.5 Å². The molecule has 0 aliphatic rings. The van der Waals surface area contributed by atoms with Gasteiger partial charge in [0.05, 0.1) is 0 Å². The summed E-state index contributed by atoms with van der Waals surface area (Å²) in [7, 11) is 0. The van der Waals surface area contributed by atoms with E-state index in [1.165, 1.54) is 6.08 Å². The van der Waals surface area contributed by atoms with Crippen LogP contribution in [0.2, 0.25) is 0 Å². The van der Waals surface area contributed by atoms with Gasteiger partial charge in [-0.05, 0) is 25.0 Å². The topological polar surface area (TPSA) is 50.2 Å². The van der Waals surface area contributed by atoms with Gasteiger partial charge in [-0.1, -0.05) is 13.8 Å². The third kappa shape index (κ3) is 3.50. The molecule has 1 aromatic heterocycles. The fourth-order valence-corrected chi connectivity index (χ4v) is 1.45. The van der Waals surface area contributed by atoms with Crippen LogP contribution in [0.25, 0.3) is 5.76 Å². The fraction of sp³-hybridized carbons (Fsp3) is 0.385. The minimum atomic E-state index is -0.0595. The van der Waals surface area contributed by atoms with Crippen molar-refractivity contribution in [2.24, 2.45) is 5.92 Å². The summed E-state index contributed by atoms with van der Waals surface area (Å²) in [5.41, 5.74) is 1.33. The molecule has 1 N–H and O–H groups in total. The first-order valence-electron chi connectivity index (χ1n) is 5.36. The van der Waals surface area contributed by atoms with E-state index >= 15 is 0 Å². The lowest BCUT2D eigenvalue weighted by atomic mass is 10.1. The van der Waals surface area contributed by atoms with Gasteiger partial charge in [0.25, 0.3) is 0 Å². The van der Waals surface area contributed by atoms with Gasteiger partial charge in [-0.3, -0.25) is 9.78 Å². The van der Waals surface area contributed by atoms with Crippen molar-refractivity contribution in [3.05, 3.63) is 35.7 Å². The highest BCUT2D eigenvalue weighted by atomic mass is 16.3. The standard InChI is InChI=1S/C13H17NO2/c1-9(2)7-11(15)8-13(16)12-5-4-6-14-10(12)3/h4-6,8-9,16H,7H2,1-3H3. The fourth-order valence-electron chi connectivity index (χ4n) is 1.45. The van der Waals surface area contributed by atoms with E-state index in [-0.39, 0.29) is 11.5 Å². The molecule has 0 amide bonds. The molecule has 0 radical (unpaired) electrons. The highest BCUT2D eigenvalue weighted by Crippen LogP contribution is 2.14. The van der Waals surface area contributed by atoms with Crippen LogP contribution in [0.3, 0.4) is 0 Å². The number of aliphatic hydroxyl groups is 1. The molecule has 86 valence electrons. The Morgan fingerprint density at radius 2 is 2.25 bits per heavy atom. The molecule has 3 nitrogen and oxygen atoms in total. The lowest BCUT2D eigenvalue weighted by Gasteiger charge is -2.04.